The molecule has 1 rings (SSSR count). The van der Waals surface area contributed by atoms with E-state index < -0.39 is 12.3 Å². The lowest BCUT2D eigenvalue weighted by Gasteiger charge is -2.18. The molecular weight excluding hydrogens is 342 g/mol. The third-order valence-corrected chi connectivity index (χ3v) is 5.45. The Bertz CT molecular complexity index is 417. The van der Waals surface area contributed by atoms with E-state index in [1.165, 1.54) is 76.2 Å². The number of hydrogen-bond acceptors (Lipinski definition) is 4. The number of carbonyl (C=O) groups is 2. The monoisotopic (exact) mass is 383 g/mol. The first kappa shape index (κ1) is 23.7. The van der Waals surface area contributed by atoms with Gasteiger partial charge in [-0.3, -0.25) is 9.69 Å². The summed E-state index contributed by atoms with van der Waals surface area (Å²) in [5, 5.41) is 2.98. The molecule has 1 heterocycles. The second kappa shape index (κ2) is 14.7. The van der Waals surface area contributed by atoms with Gasteiger partial charge in [0.15, 0.2) is 0 Å². The van der Waals surface area contributed by atoms with Crippen molar-refractivity contribution in [3.8, 4) is 0 Å². The van der Waals surface area contributed by atoms with Crippen LogP contribution in [0.25, 0.3) is 0 Å². The van der Waals surface area contributed by atoms with Crippen molar-refractivity contribution in [2.75, 3.05) is 20.2 Å². The molecule has 0 aliphatic carbocycles. The van der Waals surface area contributed by atoms with Crippen LogP contribution in [0.1, 0.15) is 90.4 Å². The Labute approximate surface area is 165 Å². The lowest BCUT2D eigenvalue weighted by atomic mass is 10.1. The van der Waals surface area contributed by atoms with E-state index in [0.29, 0.717) is 19.5 Å². The molecule has 2 atom stereocenters. The largest absolute Gasteiger partial charge is 0.453 e. The van der Waals surface area contributed by atoms with Gasteiger partial charge >= 0.3 is 6.09 Å². The van der Waals surface area contributed by atoms with E-state index in [-0.39, 0.29) is 11.8 Å². The zero-order valence-corrected chi connectivity index (χ0v) is 17.5. The summed E-state index contributed by atoms with van der Waals surface area (Å²) in [6.07, 6.45) is 15.3. The molecule has 2 amide bonds. The van der Waals surface area contributed by atoms with Gasteiger partial charge in [0.2, 0.25) is 5.91 Å². The molecule has 0 radical (unpaired) electrons. The van der Waals surface area contributed by atoms with Gasteiger partial charge in [0.25, 0.3) is 0 Å². The summed E-state index contributed by atoms with van der Waals surface area (Å²) in [5.41, 5.74) is 5.90. The molecular formula is C21H41N3O3. The van der Waals surface area contributed by atoms with Gasteiger partial charge in [-0.25, -0.2) is 4.79 Å². The second-order valence-corrected chi connectivity index (χ2v) is 7.80. The number of carbonyl (C=O) groups excluding carboxylic acids is 2. The van der Waals surface area contributed by atoms with Crippen molar-refractivity contribution in [1.82, 2.24) is 10.2 Å². The molecule has 27 heavy (non-hydrogen) atoms. The third kappa shape index (κ3) is 9.99. The number of rotatable bonds is 14. The smallest absolute Gasteiger partial charge is 0.410 e. The minimum absolute atomic E-state index is 0.0000685. The van der Waals surface area contributed by atoms with Crippen LogP contribution in [0.15, 0.2) is 0 Å². The van der Waals surface area contributed by atoms with Gasteiger partial charge in [-0.15, -0.1) is 0 Å². The van der Waals surface area contributed by atoms with Crippen LogP contribution in [0.5, 0.6) is 0 Å². The fourth-order valence-electron chi connectivity index (χ4n) is 3.71. The molecule has 1 aliphatic heterocycles. The minimum Gasteiger partial charge on any atom is -0.453 e. The number of methoxy groups -OCH3 is 1. The quantitative estimate of drug-likeness (QED) is 0.441. The normalized spacial score (nSPS) is 19.3. The molecule has 6 nitrogen and oxygen atoms in total. The Kier molecular flexibility index (Phi) is 12.9. The predicted octanol–water partition coefficient (Wildman–Crippen LogP) is 4.18. The van der Waals surface area contributed by atoms with Crippen LogP contribution in [-0.4, -0.2) is 43.3 Å². The first-order chi connectivity index (χ1) is 13.1. The van der Waals surface area contributed by atoms with Crippen LogP contribution < -0.4 is 11.1 Å². The van der Waals surface area contributed by atoms with E-state index in [0.717, 1.165) is 12.8 Å². The average molecular weight is 384 g/mol. The number of ether oxygens (including phenoxy) is 1. The van der Waals surface area contributed by atoms with Crippen LogP contribution in [-0.2, 0) is 9.53 Å². The van der Waals surface area contributed by atoms with E-state index in [1.54, 1.807) is 0 Å². The average Bonchev–Trinajstić information content (AvgIpc) is 3.06. The van der Waals surface area contributed by atoms with Gasteiger partial charge in [-0.05, 0) is 12.8 Å². The molecule has 1 fully saturated rings. The van der Waals surface area contributed by atoms with E-state index in [4.69, 9.17) is 10.5 Å². The van der Waals surface area contributed by atoms with Gasteiger partial charge in [-0.1, -0.05) is 77.6 Å². The minimum atomic E-state index is -0.459. The zero-order valence-electron chi connectivity index (χ0n) is 17.5. The molecule has 1 aliphatic rings. The van der Waals surface area contributed by atoms with Crippen molar-refractivity contribution in [3.05, 3.63) is 0 Å². The third-order valence-electron chi connectivity index (χ3n) is 5.45. The standard InChI is InChI=1S/C21H41N3O3/c1-3-4-5-6-7-8-9-10-11-12-13-14-15-23-20(25)18-16-19(22)24(17-18)21(26)27-2/h18-19H,3-17,22H2,1-2H3,(H,23,25). The van der Waals surface area contributed by atoms with Crippen molar-refractivity contribution in [1.29, 1.82) is 0 Å². The maximum atomic E-state index is 12.2. The summed E-state index contributed by atoms with van der Waals surface area (Å²) in [6, 6.07) is 0. The topological polar surface area (TPSA) is 84.7 Å². The van der Waals surface area contributed by atoms with Crippen LogP contribution >= 0.6 is 0 Å². The summed E-state index contributed by atoms with van der Waals surface area (Å²) in [6.45, 7) is 3.31. The van der Waals surface area contributed by atoms with Crippen molar-refractivity contribution in [2.45, 2.75) is 96.6 Å². The van der Waals surface area contributed by atoms with E-state index in [9.17, 15) is 9.59 Å². The Morgan fingerprint density at radius 2 is 1.48 bits per heavy atom. The summed E-state index contributed by atoms with van der Waals surface area (Å²) in [4.78, 5) is 25.2. The van der Waals surface area contributed by atoms with Crippen molar-refractivity contribution < 1.29 is 14.3 Å². The highest BCUT2D eigenvalue weighted by Crippen LogP contribution is 2.21. The van der Waals surface area contributed by atoms with Gasteiger partial charge in [0.05, 0.1) is 19.2 Å². The zero-order chi connectivity index (χ0) is 19.9. The fraction of sp³-hybridized carbons (Fsp3) is 0.905. The van der Waals surface area contributed by atoms with Crippen LogP contribution in [0.2, 0.25) is 0 Å². The summed E-state index contributed by atoms with van der Waals surface area (Å²) < 4.78 is 4.69. The van der Waals surface area contributed by atoms with Crippen LogP contribution in [0.4, 0.5) is 4.79 Å². The highest BCUT2D eigenvalue weighted by Gasteiger charge is 2.37. The first-order valence-electron chi connectivity index (χ1n) is 11.0. The number of likely N-dealkylation sites (tertiary alicyclic amines) is 1. The summed E-state index contributed by atoms with van der Waals surface area (Å²) >= 11 is 0. The molecule has 0 saturated carbocycles. The fourth-order valence-corrected chi connectivity index (χ4v) is 3.71. The molecule has 158 valence electrons. The lowest BCUT2D eigenvalue weighted by Crippen LogP contribution is -2.41. The molecule has 0 spiro atoms. The Morgan fingerprint density at radius 1 is 0.963 bits per heavy atom. The molecule has 2 unspecified atom stereocenters. The Hall–Kier alpha value is -1.30. The lowest BCUT2D eigenvalue weighted by molar-refractivity contribution is -0.124. The maximum Gasteiger partial charge on any atom is 0.410 e. The number of nitrogens with zero attached hydrogens (tertiary/aromatic N) is 1. The number of hydrogen-bond donors (Lipinski definition) is 2. The van der Waals surface area contributed by atoms with Gasteiger partial charge in [0.1, 0.15) is 0 Å². The molecule has 1 saturated heterocycles. The van der Waals surface area contributed by atoms with E-state index in [2.05, 4.69) is 12.2 Å². The van der Waals surface area contributed by atoms with Crippen molar-refractivity contribution in [3.63, 3.8) is 0 Å². The number of nitrogens with one attached hydrogen (secondary N) is 1. The van der Waals surface area contributed by atoms with Crippen molar-refractivity contribution >= 4 is 12.0 Å². The molecule has 0 aromatic carbocycles. The maximum absolute atomic E-state index is 12.2. The van der Waals surface area contributed by atoms with E-state index in [1.807, 2.05) is 0 Å². The molecule has 3 N–H and O–H groups in total. The number of amides is 2. The van der Waals surface area contributed by atoms with E-state index >= 15 is 0 Å². The van der Waals surface area contributed by atoms with Gasteiger partial charge in [0, 0.05) is 13.1 Å². The Morgan fingerprint density at radius 3 is 2.00 bits per heavy atom. The summed E-state index contributed by atoms with van der Waals surface area (Å²) in [5.74, 6) is -0.226. The highest BCUT2D eigenvalue weighted by molar-refractivity contribution is 5.80. The Balaban J connectivity index is 1.94. The predicted molar refractivity (Wildman–Crippen MR) is 109 cm³/mol. The second-order valence-electron chi connectivity index (χ2n) is 7.80. The van der Waals surface area contributed by atoms with Crippen molar-refractivity contribution in [2.24, 2.45) is 11.7 Å². The van der Waals surface area contributed by atoms with Gasteiger partial charge in [-0.2, -0.15) is 0 Å². The SMILES string of the molecule is CCCCCCCCCCCCCCNC(=O)C1CC(N)N(C(=O)OC)C1. The molecule has 0 aromatic heterocycles. The number of nitrogens with two attached hydrogens (primary N) is 1. The van der Waals surface area contributed by atoms with Crippen LogP contribution in [0.3, 0.4) is 0 Å². The molecule has 0 aromatic rings. The van der Waals surface area contributed by atoms with Gasteiger partial charge < -0.3 is 15.8 Å². The number of unbranched alkanes of at least 4 members (excludes halogenated alkanes) is 11. The molecule has 6 heteroatoms. The highest BCUT2D eigenvalue weighted by atomic mass is 16.5. The molecule has 0 bridgehead atoms. The summed E-state index contributed by atoms with van der Waals surface area (Å²) in [7, 11) is 1.33. The first-order valence-corrected chi connectivity index (χ1v) is 11.0. The van der Waals surface area contributed by atoms with Crippen LogP contribution in [0, 0.1) is 5.92 Å².